The van der Waals surface area contributed by atoms with Crippen molar-refractivity contribution in [1.82, 2.24) is 0 Å². The first-order valence-electron chi connectivity index (χ1n) is 17.0. The molecule has 0 radical (unpaired) electrons. The van der Waals surface area contributed by atoms with Crippen LogP contribution in [0.25, 0.3) is 0 Å². The number of carboxylic acids is 1. The minimum atomic E-state index is -0.721. The fraction of sp³-hybridized carbons (Fsp3) is 0.694. The van der Waals surface area contributed by atoms with Crippen LogP contribution in [0.5, 0.6) is 0 Å². The summed E-state index contributed by atoms with van der Waals surface area (Å²) >= 11 is -0.107. The second kappa shape index (κ2) is 19.9. The van der Waals surface area contributed by atoms with Gasteiger partial charge >= 0.3 is 202 Å². The van der Waals surface area contributed by atoms with Crippen LogP contribution in [0.1, 0.15) is 96.8 Å². The van der Waals surface area contributed by atoms with E-state index in [9.17, 15) is 15.0 Å². The number of rotatable bonds is 18. The van der Waals surface area contributed by atoms with E-state index < -0.39 is 12.1 Å². The van der Waals surface area contributed by atoms with Gasteiger partial charge < -0.3 is 4.74 Å². The Bertz CT molecular complexity index is 989. The number of benzene rings is 1. The quantitative estimate of drug-likeness (QED) is 0.103. The van der Waals surface area contributed by atoms with Crippen LogP contribution in [0.4, 0.5) is 0 Å². The van der Waals surface area contributed by atoms with Crippen molar-refractivity contribution in [3.63, 3.8) is 0 Å². The van der Waals surface area contributed by atoms with Gasteiger partial charge in [-0.1, -0.05) is 26.2 Å². The van der Waals surface area contributed by atoms with E-state index in [1.165, 1.54) is 6.42 Å². The van der Waals surface area contributed by atoms with Crippen molar-refractivity contribution in [3.05, 3.63) is 54.6 Å². The van der Waals surface area contributed by atoms with E-state index >= 15 is 0 Å². The van der Waals surface area contributed by atoms with Crippen LogP contribution >= 0.6 is 0 Å². The van der Waals surface area contributed by atoms with Gasteiger partial charge in [0.2, 0.25) is 0 Å². The number of aliphatic hydroxyl groups is 1. The van der Waals surface area contributed by atoms with Gasteiger partial charge in [-0.3, -0.25) is 0 Å². The van der Waals surface area contributed by atoms with Crippen LogP contribution in [-0.4, -0.2) is 75.2 Å². The first-order valence-corrected chi connectivity index (χ1v) is 18.9. The van der Waals surface area contributed by atoms with E-state index in [1.54, 1.807) is 0 Å². The molecule has 2 N–H and O–H groups in total. The second-order valence-electron chi connectivity index (χ2n) is 12.4. The van der Waals surface area contributed by atoms with Crippen LogP contribution in [0.2, 0.25) is 4.82 Å². The van der Waals surface area contributed by atoms with Gasteiger partial charge in [0.25, 0.3) is 0 Å². The molecule has 0 bridgehead atoms. The molecule has 8 atom stereocenters. The molecular formula is C36H54O7Se. The maximum atomic E-state index is 11.9. The Morgan fingerprint density at radius 3 is 2.45 bits per heavy atom. The van der Waals surface area contributed by atoms with Crippen LogP contribution in [0.3, 0.4) is 0 Å². The molecule has 8 heteroatoms. The smallest absolute Gasteiger partial charge is 0.353 e. The van der Waals surface area contributed by atoms with E-state index in [-0.39, 0.29) is 56.4 Å². The van der Waals surface area contributed by atoms with Gasteiger partial charge in [-0.15, -0.1) is 0 Å². The molecule has 2 aliphatic heterocycles. The van der Waals surface area contributed by atoms with Gasteiger partial charge in [0.05, 0.1) is 0 Å². The molecule has 3 aliphatic rings. The zero-order valence-electron chi connectivity index (χ0n) is 26.5. The van der Waals surface area contributed by atoms with Crippen LogP contribution in [0, 0.1) is 11.8 Å². The Morgan fingerprint density at radius 1 is 1.02 bits per heavy atom. The van der Waals surface area contributed by atoms with Crippen molar-refractivity contribution >= 4 is 25.4 Å². The minimum Gasteiger partial charge on any atom is -0.353 e. The van der Waals surface area contributed by atoms with Crippen molar-refractivity contribution < 1.29 is 34.0 Å². The summed E-state index contributed by atoms with van der Waals surface area (Å²) in [5.74, 6) is -0.665. The molecule has 0 aromatic heterocycles. The van der Waals surface area contributed by atoms with Crippen LogP contribution in [0.15, 0.2) is 54.6 Å². The van der Waals surface area contributed by atoms with Gasteiger partial charge in [0, 0.05) is 6.61 Å². The Hall–Kier alpha value is -1.51. The van der Waals surface area contributed by atoms with E-state index in [0.717, 1.165) is 81.9 Å². The van der Waals surface area contributed by atoms with Crippen LogP contribution < -0.4 is 4.46 Å². The minimum absolute atomic E-state index is 0.0332. The number of carboxylic acid groups (broad SMARTS) is 1. The molecule has 1 aromatic rings. The number of hydrogen-bond acceptors (Lipinski definition) is 6. The van der Waals surface area contributed by atoms with Crippen molar-refractivity contribution in [1.29, 1.82) is 0 Å². The molecule has 246 valence electrons. The van der Waals surface area contributed by atoms with Crippen LogP contribution in [-0.2, 0) is 23.7 Å². The Labute approximate surface area is 270 Å². The molecule has 2 saturated heterocycles. The third-order valence-electron chi connectivity index (χ3n) is 8.93. The number of aliphatic hydroxyl groups excluding tert-OH is 1. The normalized spacial score (nSPS) is 29.3. The number of allylic oxidation sites excluding steroid dienone is 2. The topological polar surface area (TPSA) is 94.5 Å². The number of hydrogen-bond donors (Lipinski definition) is 2. The average molecular weight is 678 g/mol. The van der Waals surface area contributed by atoms with Crippen molar-refractivity contribution in [2.75, 3.05) is 13.2 Å². The van der Waals surface area contributed by atoms with Crippen molar-refractivity contribution in [3.8, 4) is 0 Å². The van der Waals surface area contributed by atoms with Crippen molar-refractivity contribution in [2.45, 2.75) is 133 Å². The molecule has 1 aliphatic carbocycles. The Kier molecular flexibility index (Phi) is 16.0. The zero-order chi connectivity index (χ0) is 31.0. The summed E-state index contributed by atoms with van der Waals surface area (Å²) in [5, 5.41) is 21.1. The molecule has 0 spiro atoms. The van der Waals surface area contributed by atoms with Gasteiger partial charge in [-0.05, 0) is 25.7 Å². The van der Waals surface area contributed by atoms with Gasteiger partial charge in [0.1, 0.15) is 0 Å². The molecule has 3 fully saturated rings. The first-order chi connectivity index (χ1) is 21.5. The third-order valence-corrected chi connectivity index (χ3v) is 11.6. The van der Waals surface area contributed by atoms with E-state index in [0.29, 0.717) is 19.3 Å². The van der Waals surface area contributed by atoms with Gasteiger partial charge in [-0.2, -0.15) is 0 Å². The average Bonchev–Trinajstić information content (AvgIpc) is 3.33. The summed E-state index contributed by atoms with van der Waals surface area (Å²) in [4.78, 5) is 11.6. The molecule has 1 saturated carbocycles. The molecule has 2 heterocycles. The molecular weight excluding hydrogens is 623 g/mol. The summed E-state index contributed by atoms with van der Waals surface area (Å²) < 4.78 is 25.8. The third kappa shape index (κ3) is 12.0. The first kappa shape index (κ1) is 35.3. The van der Waals surface area contributed by atoms with E-state index in [4.69, 9.17) is 18.9 Å². The Balaban J connectivity index is 1.39. The van der Waals surface area contributed by atoms with Gasteiger partial charge in [0.15, 0.2) is 6.29 Å². The molecule has 3 unspecified atom stereocenters. The Morgan fingerprint density at radius 2 is 1.77 bits per heavy atom. The summed E-state index contributed by atoms with van der Waals surface area (Å²) in [6.45, 7) is 3.70. The summed E-state index contributed by atoms with van der Waals surface area (Å²) in [7, 11) is 0. The predicted octanol–water partition coefficient (Wildman–Crippen LogP) is 6.57. The molecule has 44 heavy (non-hydrogen) atoms. The molecule has 0 amide bonds. The van der Waals surface area contributed by atoms with Crippen molar-refractivity contribution in [2.24, 2.45) is 11.8 Å². The molecule has 4 rings (SSSR count). The fourth-order valence-electron chi connectivity index (χ4n) is 6.44. The van der Waals surface area contributed by atoms with Gasteiger partial charge in [-0.25, -0.2) is 0 Å². The SMILES string of the molecule is CCCCC[C@@H](/C=C/[C@@H]1[C@@H](C/C=C\CCC([Se]c2ccccc2)C(=O)O)[C@@H](OC2CCCCO2)C[C@H]1O)OC1CCCCO1. The summed E-state index contributed by atoms with van der Waals surface area (Å²) in [5.41, 5.74) is 0. The summed E-state index contributed by atoms with van der Waals surface area (Å²) in [6.07, 6.45) is 20.9. The van der Waals surface area contributed by atoms with E-state index in [1.807, 2.05) is 30.3 Å². The molecule has 7 nitrogen and oxygen atoms in total. The number of aliphatic carboxylic acids is 1. The number of unbranched alkanes of at least 4 members (excludes halogenated alkanes) is 2. The zero-order valence-corrected chi connectivity index (χ0v) is 28.2. The number of carbonyl (C=O) groups is 1. The standard InChI is InChI=1S/C36H54O7Se/c1-2-3-6-15-27(42-34-20-11-13-24-40-34)22-23-29-30(32(26-31(29)37)43-35-21-12-14-25-41-35)18-9-5-10-19-33(36(38)39)44-28-16-7-4-8-17-28/h4-5,7-9,16-17,22-23,27,29-35,37H,2-3,6,10-15,18-21,24-26H2,1H3,(H,38,39)/b9-5-,23-22+/t27-,29+,30+,31+,32-,33?,34?,35?/m0/s1. The predicted molar refractivity (Wildman–Crippen MR) is 174 cm³/mol. The van der Waals surface area contributed by atoms with E-state index in [2.05, 4.69) is 31.2 Å². The maximum absolute atomic E-state index is 11.9. The monoisotopic (exact) mass is 678 g/mol. The fourth-order valence-corrected chi connectivity index (χ4v) is 8.53. The number of ether oxygens (including phenoxy) is 4. The molecule has 1 aromatic carbocycles. The second-order valence-corrected chi connectivity index (χ2v) is 15.1. The summed E-state index contributed by atoms with van der Waals surface area (Å²) in [6, 6.07) is 9.93.